The van der Waals surface area contributed by atoms with Gasteiger partial charge in [0.2, 0.25) is 0 Å². The van der Waals surface area contributed by atoms with Crippen molar-refractivity contribution in [1.29, 1.82) is 0 Å². The van der Waals surface area contributed by atoms with Gasteiger partial charge in [-0.3, -0.25) is 4.79 Å². The Hall–Kier alpha value is -2.71. The number of alkyl halides is 3. The standard InChI is InChI=1S/C16H15F3N2O4/c17-16(18,19)11-6-4-10(5-7-11)12-3-1-2-8-21(12)15(23)24-14-9-13(22)20-25-14/h4-7,9,12H,1-3,8H2,(H,20,22). The van der Waals surface area contributed by atoms with Crippen LogP contribution in [0.15, 0.2) is 39.6 Å². The monoisotopic (exact) mass is 356 g/mol. The number of carbonyl (C=O) groups excluding carboxylic acids is 1. The molecule has 25 heavy (non-hydrogen) atoms. The third kappa shape index (κ3) is 3.86. The number of carbonyl (C=O) groups is 1. The fraction of sp³-hybridized carbons (Fsp3) is 0.375. The summed E-state index contributed by atoms with van der Waals surface area (Å²) >= 11 is 0. The van der Waals surface area contributed by atoms with Crippen LogP contribution in [0.2, 0.25) is 0 Å². The maximum absolute atomic E-state index is 12.7. The van der Waals surface area contributed by atoms with Gasteiger partial charge in [-0.05, 0) is 37.0 Å². The molecule has 3 rings (SSSR count). The molecule has 1 N–H and O–H groups in total. The smallest absolute Gasteiger partial charge is 0.374 e. The van der Waals surface area contributed by atoms with Crippen molar-refractivity contribution < 1.29 is 27.2 Å². The average Bonchev–Trinajstić information content (AvgIpc) is 2.99. The van der Waals surface area contributed by atoms with E-state index in [2.05, 4.69) is 4.52 Å². The summed E-state index contributed by atoms with van der Waals surface area (Å²) in [5.74, 6) is -0.258. The van der Waals surface area contributed by atoms with Gasteiger partial charge in [0.1, 0.15) is 0 Å². The quantitative estimate of drug-likeness (QED) is 0.890. The Kier molecular flexibility index (Phi) is 4.56. The van der Waals surface area contributed by atoms with E-state index in [4.69, 9.17) is 4.74 Å². The van der Waals surface area contributed by atoms with Crippen molar-refractivity contribution in [3.63, 3.8) is 0 Å². The van der Waals surface area contributed by atoms with E-state index >= 15 is 0 Å². The van der Waals surface area contributed by atoms with Gasteiger partial charge in [0.15, 0.2) is 0 Å². The Labute approximate surface area is 140 Å². The first kappa shape index (κ1) is 17.1. The molecule has 0 aliphatic carbocycles. The highest BCUT2D eigenvalue weighted by Crippen LogP contribution is 2.34. The summed E-state index contributed by atoms with van der Waals surface area (Å²) in [5, 5.41) is 2.01. The molecule has 1 aliphatic heterocycles. The first-order chi connectivity index (χ1) is 11.8. The molecule has 1 unspecified atom stereocenters. The zero-order valence-corrected chi connectivity index (χ0v) is 13.0. The lowest BCUT2D eigenvalue weighted by atomic mass is 9.95. The number of amides is 1. The van der Waals surface area contributed by atoms with Crippen LogP contribution in [0.4, 0.5) is 18.0 Å². The summed E-state index contributed by atoms with van der Waals surface area (Å²) in [6.07, 6.45) is -2.92. The predicted octanol–water partition coefficient (Wildman–Crippen LogP) is 3.71. The molecule has 2 aromatic rings. The van der Waals surface area contributed by atoms with Gasteiger partial charge in [-0.15, -0.1) is 0 Å². The van der Waals surface area contributed by atoms with E-state index in [-0.39, 0.29) is 5.95 Å². The Morgan fingerprint density at radius 2 is 1.96 bits per heavy atom. The maximum Gasteiger partial charge on any atom is 0.418 e. The SMILES string of the molecule is O=C(Oc1cc(=O)[nH]o1)N1CCCCC1c1ccc(C(F)(F)F)cc1. The molecule has 0 saturated carbocycles. The minimum absolute atomic E-state index is 0.258. The normalized spacial score (nSPS) is 18.2. The van der Waals surface area contributed by atoms with Crippen LogP contribution < -0.4 is 10.3 Å². The highest BCUT2D eigenvalue weighted by molar-refractivity contribution is 5.70. The number of aromatic nitrogens is 1. The number of hydrogen-bond donors (Lipinski definition) is 1. The molecule has 1 amide bonds. The van der Waals surface area contributed by atoms with Crippen LogP contribution in [0.25, 0.3) is 0 Å². The first-order valence-electron chi connectivity index (χ1n) is 7.69. The van der Waals surface area contributed by atoms with Crippen LogP contribution in [0.3, 0.4) is 0 Å². The van der Waals surface area contributed by atoms with Crippen LogP contribution in [0, 0.1) is 0 Å². The number of likely N-dealkylation sites (tertiary alicyclic amines) is 1. The van der Waals surface area contributed by atoms with Crippen molar-refractivity contribution in [2.45, 2.75) is 31.5 Å². The molecule has 1 atom stereocenters. The third-order valence-electron chi connectivity index (χ3n) is 4.05. The fourth-order valence-corrected chi connectivity index (χ4v) is 2.85. The summed E-state index contributed by atoms with van der Waals surface area (Å²) in [4.78, 5) is 24.8. The van der Waals surface area contributed by atoms with Gasteiger partial charge in [-0.1, -0.05) is 12.1 Å². The van der Waals surface area contributed by atoms with E-state index in [1.54, 1.807) is 0 Å². The highest BCUT2D eigenvalue weighted by atomic mass is 19.4. The summed E-state index contributed by atoms with van der Waals surface area (Å²) in [7, 11) is 0. The van der Waals surface area contributed by atoms with E-state index in [0.717, 1.165) is 31.0 Å². The topological polar surface area (TPSA) is 75.5 Å². The predicted molar refractivity (Wildman–Crippen MR) is 80.1 cm³/mol. The van der Waals surface area contributed by atoms with Crippen molar-refractivity contribution in [2.75, 3.05) is 6.54 Å². The van der Waals surface area contributed by atoms with Gasteiger partial charge in [-0.25, -0.2) is 4.79 Å². The molecule has 1 fully saturated rings. The van der Waals surface area contributed by atoms with Crippen molar-refractivity contribution >= 4 is 6.09 Å². The van der Waals surface area contributed by atoms with Gasteiger partial charge in [0.25, 0.3) is 5.56 Å². The van der Waals surface area contributed by atoms with Gasteiger partial charge < -0.3 is 14.2 Å². The summed E-state index contributed by atoms with van der Waals surface area (Å²) in [6.45, 7) is 0.402. The van der Waals surface area contributed by atoms with Gasteiger partial charge in [0, 0.05) is 6.54 Å². The molecule has 9 heteroatoms. The minimum atomic E-state index is -4.41. The minimum Gasteiger partial charge on any atom is -0.374 e. The second kappa shape index (κ2) is 6.66. The van der Waals surface area contributed by atoms with E-state index in [1.807, 2.05) is 5.16 Å². The number of nitrogens with zero attached hydrogens (tertiary/aromatic N) is 1. The number of piperidine rings is 1. The number of nitrogens with one attached hydrogen (secondary N) is 1. The van der Waals surface area contributed by atoms with E-state index < -0.39 is 29.4 Å². The molecule has 1 aromatic heterocycles. The van der Waals surface area contributed by atoms with Gasteiger partial charge in [-0.2, -0.15) is 18.3 Å². The number of hydrogen-bond acceptors (Lipinski definition) is 4. The van der Waals surface area contributed by atoms with Gasteiger partial charge in [0.05, 0.1) is 17.7 Å². The number of ether oxygens (including phenoxy) is 1. The van der Waals surface area contributed by atoms with E-state index in [9.17, 15) is 22.8 Å². The largest absolute Gasteiger partial charge is 0.418 e. The van der Waals surface area contributed by atoms with Crippen LogP contribution in [0.1, 0.15) is 36.4 Å². The maximum atomic E-state index is 12.7. The number of rotatable bonds is 2. The molecule has 0 spiro atoms. The van der Waals surface area contributed by atoms with E-state index in [0.29, 0.717) is 18.5 Å². The molecule has 1 saturated heterocycles. The lowest BCUT2D eigenvalue weighted by molar-refractivity contribution is -0.137. The average molecular weight is 356 g/mol. The van der Waals surface area contributed by atoms with Crippen LogP contribution >= 0.6 is 0 Å². The Morgan fingerprint density at radius 3 is 2.56 bits per heavy atom. The van der Waals surface area contributed by atoms with Crippen molar-refractivity contribution in [3.05, 3.63) is 51.8 Å². The van der Waals surface area contributed by atoms with Crippen LogP contribution in [0.5, 0.6) is 5.95 Å². The van der Waals surface area contributed by atoms with E-state index in [1.165, 1.54) is 17.0 Å². The summed E-state index contributed by atoms with van der Waals surface area (Å²) in [5.41, 5.74) is -0.684. The Bertz CT molecular complexity index is 795. The molecular weight excluding hydrogens is 341 g/mol. The molecule has 1 aliphatic rings. The third-order valence-corrected chi connectivity index (χ3v) is 4.05. The molecule has 6 nitrogen and oxygen atoms in total. The number of aromatic amines is 1. The zero-order valence-electron chi connectivity index (χ0n) is 13.0. The van der Waals surface area contributed by atoms with Crippen LogP contribution in [-0.2, 0) is 6.18 Å². The second-order valence-electron chi connectivity index (χ2n) is 5.72. The van der Waals surface area contributed by atoms with Crippen LogP contribution in [-0.4, -0.2) is 22.7 Å². The number of benzene rings is 1. The van der Waals surface area contributed by atoms with Crippen molar-refractivity contribution in [3.8, 4) is 5.95 Å². The highest BCUT2D eigenvalue weighted by Gasteiger charge is 2.33. The molecule has 2 heterocycles. The molecule has 0 radical (unpaired) electrons. The molecule has 134 valence electrons. The lowest BCUT2D eigenvalue weighted by Gasteiger charge is -2.34. The molecule has 1 aromatic carbocycles. The Balaban J connectivity index is 1.78. The lowest BCUT2D eigenvalue weighted by Crippen LogP contribution is -2.40. The Morgan fingerprint density at radius 1 is 1.24 bits per heavy atom. The number of H-pyrrole nitrogens is 1. The number of halogens is 3. The van der Waals surface area contributed by atoms with Crippen molar-refractivity contribution in [2.24, 2.45) is 0 Å². The summed E-state index contributed by atoms with van der Waals surface area (Å²) in [6, 6.07) is 5.34. The van der Waals surface area contributed by atoms with Gasteiger partial charge >= 0.3 is 18.2 Å². The fourth-order valence-electron chi connectivity index (χ4n) is 2.85. The molecule has 0 bridgehead atoms. The summed E-state index contributed by atoms with van der Waals surface area (Å²) < 4.78 is 47.8. The zero-order chi connectivity index (χ0) is 18.0. The first-order valence-corrected chi connectivity index (χ1v) is 7.69. The second-order valence-corrected chi connectivity index (χ2v) is 5.72. The van der Waals surface area contributed by atoms with Crippen molar-refractivity contribution in [1.82, 2.24) is 10.1 Å². The molecular formula is C16H15F3N2O4.